The maximum atomic E-state index is 14.2. The first kappa shape index (κ1) is 20.4. The molecule has 9 heteroatoms. The molecule has 1 aromatic carbocycles. The molecule has 7 nitrogen and oxygen atoms in total. The number of alkyl carbamates (subject to hydrolysis) is 1. The summed E-state index contributed by atoms with van der Waals surface area (Å²) in [6.45, 7) is 8.43. The van der Waals surface area contributed by atoms with E-state index in [9.17, 15) is 9.18 Å². The van der Waals surface area contributed by atoms with Gasteiger partial charge in [-0.15, -0.1) is 0 Å². The third kappa shape index (κ3) is 5.13. The molecule has 0 bridgehead atoms. The van der Waals surface area contributed by atoms with Crippen molar-refractivity contribution in [1.29, 1.82) is 0 Å². The minimum absolute atomic E-state index is 0.326. The molecule has 1 amide bonds. The second kappa shape index (κ2) is 8.34. The SMILES string of the molecule is CC(C)(C)OC(=O)NC1CN=CN=C1N1CCN(c2ccc(Cl)cc2F)CC1. The molecule has 0 aromatic heterocycles. The number of anilines is 1. The van der Waals surface area contributed by atoms with Gasteiger partial charge in [-0.05, 0) is 39.0 Å². The van der Waals surface area contributed by atoms with Gasteiger partial charge in [-0.3, -0.25) is 4.99 Å². The summed E-state index contributed by atoms with van der Waals surface area (Å²) in [5.74, 6) is 0.421. The average Bonchev–Trinajstić information content (AvgIpc) is 2.61. The molecule has 1 saturated heterocycles. The first-order chi connectivity index (χ1) is 13.2. The van der Waals surface area contributed by atoms with E-state index in [0.717, 1.165) is 5.84 Å². The van der Waals surface area contributed by atoms with E-state index in [0.29, 0.717) is 43.4 Å². The molecule has 0 saturated carbocycles. The van der Waals surface area contributed by atoms with Crippen LogP contribution in [0, 0.1) is 5.82 Å². The maximum absolute atomic E-state index is 14.2. The summed E-state index contributed by atoms with van der Waals surface area (Å²) in [5.41, 5.74) is -0.0345. The van der Waals surface area contributed by atoms with E-state index in [4.69, 9.17) is 16.3 Å². The van der Waals surface area contributed by atoms with Gasteiger partial charge in [0, 0.05) is 31.2 Å². The number of carbonyl (C=O) groups excluding carboxylic acids is 1. The lowest BCUT2D eigenvalue weighted by atomic mass is 10.1. The topological polar surface area (TPSA) is 69.5 Å². The Hall–Kier alpha value is -2.35. The number of ether oxygens (including phenoxy) is 1. The van der Waals surface area contributed by atoms with Gasteiger partial charge in [0.1, 0.15) is 29.6 Å². The Kier molecular flexibility index (Phi) is 6.07. The van der Waals surface area contributed by atoms with E-state index in [-0.39, 0.29) is 11.9 Å². The number of nitrogens with one attached hydrogen (secondary N) is 1. The predicted octanol–water partition coefficient (Wildman–Crippen LogP) is 2.93. The highest BCUT2D eigenvalue weighted by molar-refractivity contribution is 6.30. The molecule has 2 aliphatic rings. The zero-order valence-electron chi connectivity index (χ0n) is 16.3. The van der Waals surface area contributed by atoms with E-state index in [1.54, 1.807) is 12.1 Å². The summed E-state index contributed by atoms with van der Waals surface area (Å²) < 4.78 is 19.5. The van der Waals surface area contributed by atoms with Crippen LogP contribution in [0.3, 0.4) is 0 Å². The molecule has 0 aliphatic carbocycles. The number of amides is 1. The number of carbonyl (C=O) groups is 1. The lowest BCUT2D eigenvalue weighted by molar-refractivity contribution is 0.0516. The van der Waals surface area contributed by atoms with Crippen LogP contribution >= 0.6 is 11.6 Å². The minimum atomic E-state index is -0.576. The molecule has 3 rings (SSSR count). The highest BCUT2D eigenvalue weighted by Crippen LogP contribution is 2.24. The first-order valence-electron chi connectivity index (χ1n) is 9.23. The number of aliphatic imine (C=N–C) groups is 2. The maximum Gasteiger partial charge on any atom is 0.408 e. The summed E-state index contributed by atoms with van der Waals surface area (Å²) in [6.07, 6.45) is 1.01. The highest BCUT2D eigenvalue weighted by atomic mass is 35.5. The zero-order chi connectivity index (χ0) is 20.3. The van der Waals surface area contributed by atoms with Gasteiger partial charge < -0.3 is 19.9 Å². The molecule has 1 unspecified atom stereocenters. The Balaban J connectivity index is 1.62. The quantitative estimate of drug-likeness (QED) is 0.815. The Bertz CT molecular complexity index is 785. The van der Waals surface area contributed by atoms with Crippen molar-refractivity contribution in [2.45, 2.75) is 32.4 Å². The van der Waals surface area contributed by atoms with E-state index in [1.165, 1.54) is 12.4 Å². The predicted molar refractivity (Wildman–Crippen MR) is 109 cm³/mol. The van der Waals surface area contributed by atoms with E-state index in [1.807, 2.05) is 25.7 Å². The van der Waals surface area contributed by atoms with Crippen molar-refractivity contribution < 1.29 is 13.9 Å². The molecule has 2 heterocycles. The molecule has 28 heavy (non-hydrogen) atoms. The van der Waals surface area contributed by atoms with E-state index < -0.39 is 11.7 Å². The monoisotopic (exact) mass is 409 g/mol. The fourth-order valence-corrected chi connectivity index (χ4v) is 3.36. The summed E-state index contributed by atoms with van der Waals surface area (Å²) in [7, 11) is 0. The molecule has 0 spiro atoms. The Morgan fingerprint density at radius 2 is 1.93 bits per heavy atom. The number of hydrogen-bond donors (Lipinski definition) is 1. The van der Waals surface area contributed by atoms with Gasteiger partial charge in [-0.25, -0.2) is 14.2 Å². The van der Waals surface area contributed by atoms with Gasteiger partial charge in [0.25, 0.3) is 0 Å². The minimum Gasteiger partial charge on any atom is -0.444 e. The van der Waals surface area contributed by atoms with Crippen molar-refractivity contribution in [2.24, 2.45) is 9.98 Å². The van der Waals surface area contributed by atoms with Gasteiger partial charge in [0.2, 0.25) is 0 Å². The smallest absolute Gasteiger partial charge is 0.408 e. The summed E-state index contributed by atoms with van der Waals surface area (Å²) in [5, 5.41) is 3.23. The molecule has 1 aromatic rings. The number of benzene rings is 1. The Morgan fingerprint density at radius 3 is 2.57 bits per heavy atom. The summed E-state index contributed by atoms with van der Waals surface area (Å²) >= 11 is 5.84. The number of halogens is 2. The third-order valence-corrected chi connectivity index (χ3v) is 4.65. The second-order valence-electron chi connectivity index (χ2n) is 7.74. The second-order valence-corrected chi connectivity index (χ2v) is 8.17. The zero-order valence-corrected chi connectivity index (χ0v) is 17.0. The number of hydrogen-bond acceptors (Lipinski definition) is 6. The molecule has 1 N–H and O–H groups in total. The van der Waals surface area contributed by atoms with Crippen LogP contribution in [0.1, 0.15) is 20.8 Å². The van der Waals surface area contributed by atoms with Crippen molar-refractivity contribution in [3.05, 3.63) is 29.0 Å². The Morgan fingerprint density at radius 1 is 1.25 bits per heavy atom. The number of piperazine rings is 1. The first-order valence-corrected chi connectivity index (χ1v) is 9.61. The molecule has 1 atom stereocenters. The highest BCUT2D eigenvalue weighted by Gasteiger charge is 2.30. The number of rotatable bonds is 2. The van der Waals surface area contributed by atoms with Crippen molar-refractivity contribution in [2.75, 3.05) is 37.6 Å². The van der Waals surface area contributed by atoms with Crippen LogP contribution in [0.15, 0.2) is 28.2 Å². The van der Waals surface area contributed by atoms with Crippen LogP contribution in [0.25, 0.3) is 0 Å². The van der Waals surface area contributed by atoms with Gasteiger partial charge in [0.05, 0.1) is 12.2 Å². The lowest BCUT2D eigenvalue weighted by Gasteiger charge is -2.40. The van der Waals surface area contributed by atoms with Gasteiger partial charge in [-0.2, -0.15) is 0 Å². The van der Waals surface area contributed by atoms with Gasteiger partial charge in [-0.1, -0.05) is 11.6 Å². The van der Waals surface area contributed by atoms with E-state index >= 15 is 0 Å². The lowest BCUT2D eigenvalue weighted by Crippen LogP contribution is -2.57. The van der Waals surface area contributed by atoms with Crippen LogP contribution in [0.4, 0.5) is 14.9 Å². The van der Waals surface area contributed by atoms with Crippen molar-refractivity contribution in [1.82, 2.24) is 10.2 Å². The van der Waals surface area contributed by atoms with Crippen LogP contribution < -0.4 is 10.2 Å². The summed E-state index contributed by atoms with van der Waals surface area (Å²) in [4.78, 5) is 24.7. The Labute approximate surface area is 169 Å². The molecular weight excluding hydrogens is 385 g/mol. The van der Waals surface area contributed by atoms with Crippen LogP contribution in [-0.4, -0.2) is 67.5 Å². The molecule has 152 valence electrons. The number of amidine groups is 1. The molecule has 1 fully saturated rings. The average molecular weight is 410 g/mol. The van der Waals surface area contributed by atoms with Crippen LogP contribution in [0.2, 0.25) is 5.02 Å². The molecule has 0 radical (unpaired) electrons. The molecular formula is C19H25ClFN5O2. The molecule has 2 aliphatic heterocycles. The van der Waals surface area contributed by atoms with Crippen molar-refractivity contribution in [3.63, 3.8) is 0 Å². The van der Waals surface area contributed by atoms with Crippen molar-refractivity contribution >= 4 is 35.6 Å². The fourth-order valence-electron chi connectivity index (χ4n) is 3.20. The fraction of sp³-hybridized carbons (Fsp3) is 0.526. The third-order valence-electron chi connectivity index (χ3n) is 4.42. The van der Waals surface area contributed by atoms with Crippen LogP contribution in [-0.2, 0) is 4.74 Å². The van der Waals surface area contributed by atoms with Gasteiger partial charge >= 0.3 is 6.09 Å². The largest absolute Gasteiger partial charge is 0.444 e. The standard InChI is InChI=1S/C19H25ClFN5O2/c1-19(2,3)28-18(27)24-15-11-22-12-23-17(15)26-8-6-25(7-9-26)16-5-4-13(20)10-14(16)21/h4-5,10,12,15H,6-9,11H2,1-3H3,(H,24,27). The number of nitrogens with zero attached hydrogens (tertiary/aromatic N) is 4. The summed E-state index contributed by atoms with van der Waals surface area (Å²) in [6, 6.07) is 4.37. The van der Waals surface area contributed by atoms with E-state index in [2.05, 4.69) is 20.2 Å². The van der Waals surface area contributed by atoms with Crippen LogP contribution in [0.5, 0.6) is 0 Å². The normalized spacial score (nSPS) is 20.0. The van der Waals surface area contributed by atoms with Crippen molar-refractivity contribution in [3.8, 4) is 0 Å². The van der Waals surface area contributed by atoms with Gasteiger partial charge in [0.15, 0.2) is 0 Å².